The molecule has 2 fully saturated rings. The van der Waals surface area contributed by atoms with Gasteiger partial charge in [-0.15, -0.1) is 21.5 Å². The highest BCUT2D eigenvalue weighted by Gasteiger charge is 2.48. The SMILES string of the molecule is Cc1ncsc1-c1ccc(CNC(=O)C2CC(O)CN2C(=O)C(NC(=O)C2(F)CCN(C(=O)c3ccc(-c4cnc(NCc5ccco5)n5cnnc45)cc3)CC2)C(C)(C)C)cc1. The number of β-amino-alcohol motifs (C(OH)–C–C–N with tert-alkyl or cyclic N) is 1. The van der Waals surface area contributed by atoms with E-state index in [0.29, 0.717) is 29.3 Å². The van der Waals surface area contributed by atoms with Crippen LogP contribution in [0.2, 0.25) is 0 Å². The van der Waals surface area contributed by atoms with E-state index in [-0.39, 0.29) is 51.3 Å². The molecule has 0 bridgehead atoms. The third kappa shape index (κ3) is 9.18. The maximum Gasteiger partial charge on any atom is 0.258 e. The van der Waals surface area contributed by atoms with Crippen molar-refractivity contribution < 1.29 is 33.1 Å². The summed E-state index contributed by atoms with van der Waals surface area (Å²) >= 11 is 1.55. The molecule has 0 spiro atoms. The summed E-state index contributed by atoms with van der Waals surface area (Å²) in [6, 6.07) is 16.2. The molecule has 8 rings (SSSR count). The van der Waals surface area contributed by atoms with Gasteiger partial charge in [0.15, 0.2) is 11.3 Å². The number of amides is 4. The number of aromatic nitrogens is 5. The number of furan rings is 1. The third-order valence-corrected chi connectivity index (χ3v) is 12.7. The molecule has 2 saturated heterocycles. The Bertz CT molecular complexity index is 2600. The number of thiazole rings is 1. The highest BCUT2D eigenvalue weighted by atomic mass is 32.1. The van der Waals surface area contributed by atoms with E-state index in [0.717, 1.165) is 33.0 Å². The van der Waals surface area contributed by atoms with Gasteiger partial charge in [0.2, 0.25) is 17.8 Å². The first-order valence-corrected chi connectivity index (χ1v) is 21.7. The number of hydrogen-bond acceptors (Lipinski definition) is 12. The third-order valence-electron chi connectivity index (χ3n) is 11.7. The Labute approximate surface area is 366 Å². The van der Waals surface area contributed by atoms with E-state index < -0.39 is 47.0 Å². The van der Waals surface area contributed by atoms with Gasteiger partial charge in [-0.25, -0.2) is 14.4 Å². The van der Waals surface area contributed by atoms with E-state index >= 15 is 4.39 Å². The zero-order chi connectivity index (χ0) is 44.5. The topological polar surface area (TPSA) is 200 Å². The van der Waals surface area contributed by atoms with Crippen molar-refractivity contribution in [2.45, 2.75) is 83.9 Å². The molecule has 328 valence electrons. The second-order valence-corrected chi connectivity index (χ2v) is 18.0. The van der Waals surface area contributed by atoms with E-state index in [4.69, 9.17) is 4.42 Å². The van der Waals surface area contributed by atoms with Gasteiger partial charge in [0.05, 0.1) is 35.0 Å². The lowest BCUT2D eigenvalue weighted by Crippen LogP contribution is -2.61. The number of nitrogens with one attached hydrogen (secondary N) is 3. The molecular formula is C45H49FN10O6S. The summed E-state index contributed by atoms with van der Waals surface area (Å²) in [4.78, 5) is 67.8. The van der Waals surface area contributed by atoms with Crippen molar-refractivity contribution in [3.05, 3.63) is 108 Å². The second-order valence-electron chi connectivity index (χ2n) is 17.1. The van der Waals surface area contributed by atoms with Gasteiger partial charge in [0.25, 0.3) is 11.8 Å². The average Bonchev–Trinajstić information content (AvgIpc) is 4.12. The maximum absolute atomic E-state index is 16.5. The van der Waals surface area contributed by atoms with E-state index in [1.807, 2.05) is 37.3 Å². The van der Waals surface area contributed by atoms with Crippen LogP contribution in [0, 0.1) is 12.3 Å². The molecule has 6 heterocycles. The van der Waals surface area contributed by atoms with Crippen LogP contribution >= 0.6 is 11.3 Å². The van der Waals surface area contributed by atoms with Crippen molar-refractivity contribution in [3.8, 4) is 21.6 Å². The number of aryl methyl sites for hydroxylation is 1. The molecule has 63 heavy (non-hydrogen) atoms. The lowest BCUT2D eigenvalue weighted by Gasteiger charge is -2.39. The van der Waals surface area contributed by atoms with E-state index in [2.05, 4.69) is 36.1 Å². The summed E-state index contributed by atoms with van der Waals surface area (Å²) in [5.74, 6) is -1.02. The second kappa shape index (κ2) is 17.7. The van der Waals surface area contributed by atoms with Gasteiger partial charge in [0.1, 0.15) is 24.2 Å². The molecule has 4 aromatic heterocycles. The van der Waals surface area contributed by atoms with Crippen LogP contribution in [0.25, 0.3) is 27.2 Å². The molecule has 16 nitrogen and oxygen atoms in total. The van der Waals surface area contributed by atoms with E-state index in [1.165, 1.54) is 9.80 Å². The Morgan fingerprint density at radius 2 is 1.73 bits per heavy atom. The van der Waals surface area contributed by atoms with Crippen molar-refractivity contribution >= 4 is 46.6 Å². The largest absolute Gasteiger partial charge is 0.467 e. The van der Waals surface area contributed by atoms with Crippen LogP contribution in [0.4, 0.5) is 10.3 Å². The highest BCUT2D eigenvalue weighted by Crippen LogP contribution is 2.32. The standard InChI is InChI=1S/C45H49FN10O6S/c1-27-36(63-26-50-27)30-9-7-28(8-10-30)21-47-39(58)35-20-32(57)24-55(35)41(60)37(44(2,3)4)52-42(61)45(46)15-17-54(18-16-45)40(59)31-13-11-29(12-14-31)34-23-49-43(56-25-51-53-38(34)56)48-22-33-6-5-19-62-33/h5-14,19,23,25-26,32,35,37,57H,15-18,20-22,24H2,1-4H3,(H,47,58)(H,48,49)(H,52,61). The van der Waals surface area contributed by atoms with Crippen LogP contribution in [0.15, 0.2) is 89.4 Å². The minimum atomic E-state index is -2.35. The summed E-state index contributed by atoms with van der Waals surface area (Å²) in [6.45, 7) is 7.65. The Morgan fingerprint density at radius 1 is 1.00 bits per heavy atom. The highest BCUT2D eigenvalue weighted by molar-refractivity contribution is 7.13. The lowest BCUT2D eigenvalue weighted by molar-refractivity contribution is -0.147. The maximum atomic E-state index is 16.5. The molecule has 18 heteroatoms. The monoisotopic (exact) mass is 876 g/mol. The van der Waals surface area contributed by atoms with E-state index in [9.17, 15) is 24.3 Å². The minimum Gasteiger partial charge on any atom is -0.467 e. The number of benzene rings is 2. The zero-order valence-electron chi connectivity index (χ0n) is 35.4. The number of alkyl halides is 1. The van der Waals surface area contributed by atoms with Gasteiger partial charge in [-0.3, -0.25) is 23.6 Å². The molecule has 3 unspecified atom stereocenters. The number of carbonyl (C=O) groups excluding carboxylic acids is 4. The van der Waals surface area contributed by atoms with Crippen LogP contribution in [0.1, 0.15) is 67.4 Å². The smallest absolute Gasteiger partial charge is 0.258 e. The number of piperidine rings is 1. The lowest BCUT2D eigenvalue weighted by atomic mass is 9.84. The van der Waals surface area contributed by atoms with Gasteiger partial charge < -0.3 is 35.3 Å². The number of hydrogen-bond donors (Lipinski definition) is 4. The first kappa shape index (κ1) is 43.1. The normalized spacial score (nSPS) is 18.0. The quantitative estimate of drug-likeness (QED) is 0.126. The van der Waals surface area contributed by atoms with Gasteiger partial charge in [-0.1, -0.05) is 57.2 Å². The molecule has 0 radical (unpaired) electrons. The van der Waals surface area contributed by atoms with Gasteiger partial charge in [-0.2, -0.15) is 0 Å². The summed E-state index contributed by atoms with van der Waals surface area (Å²) < 4.78 is 23.6. The number of likely N-dealkylation sites (tertiary alicyclic amines) is 2. The Morgan fingerprint density at radius 3 is 2.40 bits per heavy atom. The Hall–Kier alpha value is -6.53. The molecule has 2 aliphatic rings. The first-order valence-electron chi connectivity index (χ1n) is 20.8. The zero-order valence-corrected chi connectivity index (χ0v) is 36.2. The molecule has 3 atom stereocenters. The predicted octanol–water partition coefficient (Wildman–Crippen LogP) is 5.18. The fourth-order valence-corrected chi connectivity index (χ4v) is 8.85. The number of halogens is 1. The fourth-order valence-electron chi connectivity index (χ4n) is 8.04. The van der Waals surface area contributed by atoms with Crippen LogP contribution in [-0.4, -0.2) is 107 Å². The molecule has 4 N–H and O–H groups in total. The van der Waals surface area contributed by atoms with Gasteiger partial charge in [0, 0.05) is 62.8 Å². The number of anilines is 1. The summed E-state index contributed by atoms with van der Waals surface area (Å²) in [5.41, 5.74) is 3.80. The van der Waals surface area contributed by atoms with E-state index in [1.54, 1.807) is 91.1 Å². The first-order chi connectivity index (χ1) is 30.2. The number of aliphatic hydroxyl groups excluding tert-OH is 1. The van der Waals surface area contributed by atoms with Crippen molar-refractivity contribution in [1.29, 1.82) is 0 Å². The van der Waals surface area contributed by atoms with Gasteiger partial charge in [-0.05, 0) is 53.3 Å². The molecule has 0 aliphatic carbocycles. The number of rotatable bonds is 12. The Kier molecular flexibility index (Phi) is 12.1. The summed E-state index contributed by atoms with van der Waals surface area (Å²) in [5, 5.41) is 27.8. The molecule has 2 aromatic carbocycles. The summed E-state index contributed by atoms with van der Waals surface area (Å²) in [7, 11) is 0. The number of fused-ring (bicyclic) bond motifs is 1. The van der Waals surface area contributed by atoms with Crippen molar-refractivity contribution in [3.63, 3.8) is 0 Å². The summed E-state index contributed by atoms with van der Waals surface area (Å²) in [6.07, 6.45) is 3.35. The molecule has 4 amide bonds. The molecular weight excluding hydrogens is 828 g/mol. The van der Waals surface area contributed by atoms with Crippen LogP contribution in [0.5, 0.6) is 0 Å². The van der Waals surface area contributed by atoms with Crippen LogP contribution < -0.4 is 16.0 Å². The van der Waals surface area contributed by atoms with Crippen LogP contribution in [-0.2, 0) is 27.5 Å². The van der Waals surface area contributed by atoms with Crippen molar-refractivity contribution in [1.82, 2.24) is 45.0 Å². The average molecular weight is 877 g/mol. The number of nitrogens with zero attached hydrogens (tertiary/aromatic N) is 7. The number of aliphatic hydroxyl groups is 1. The fraction of sp³-hybridized carbons (Fsp3) is 0.378. The van der Waals surface area contributed by atoms with Crippen molar-refractivity contribution in [2.75, 3.05) is 25.0 Å². The molecule has 6 aromatic rings. The van der Waals surface area contributed by atoms with Gasteiger partial charge >= 0.3 is 0 Å². The Balaban J connectivity index is 0.868. The number of carbonyl (C=O) groups is 4. The van der Waals surface area contributed by atoms with Crippen LogP contribution in [0.3, 0.4) is 0 Å². The van der Waals surface area contributed by atoms with Crippen molar-refractivity contribution in [2.24, 2.45) is 5.41 Å². The molecule has 2 aliphatic heterocycles. The molecule has 0 saturated carbocycles. The predicted molar refractivity (Wildman–Crippen MR) is 233 cm³/mol. The minimum absolute atomic E-state index is 0.0210.